The summed E-state index contributed by atoms with van der Waals surface area (Å²) in [7, 11) is 1.53. The molecular formula is C17H24N2O5. The molecule has 0 radical (unpaired) electrons. The molecule has 3 rings (SSSR count). The van der Waals surface area contributed by atoms with Crippen molar-refractivity contribution in [3.63, 3.8) is 0 Å². The number of fused-ring (bicyclic) bond motifs is 3. The average Bonchev–Trinajstić information content (AvgIpc) is 2.77. The molecule has 24 heavy (non-hydrogen) atoms. The van der Waals surface area contributed by atoms with E-state index in [4.69, 9.17) is 14.6 Å². The maximum absolute atomic E-state index is 11.0. The zero-order chi connectivity index (χ0) is 17.1. The summed E-state index contributed by atoms with van der Waals surface area (Å²) in [6.07, 6.45) is 0. The van der Waals surface area contributed by atoms with Crippen LogP contribution in [0, 0.1) is 5.92 Å². The van der Waals surface area contributed by atoms with Crippen LogP contribution in [0.3, 0.4) is 0 Å². The summed E-state index contributed by atoms with van der Waals surface area (Å²) < 4.78 is 10.8. The van der Waals surface area contributed by atoms with Gasteiger partial charge in [0.15, 0.2) is 11.5 Å². The average molecular weight is 336 g/mol. The van der Waals surface area contributed by atoms with Crippen LogP contribution in [0.5, 0.6) is 11.5 Å². The maximum atomic E-state index is 11.0. The fourth-order valence-corrected chi connectivity index (χ4v) is 3.61. The molecule has 1 aromatic rings. The van der Waals surface area contributed by atoms with Crippen LogP contribution in [-0.4, -0.2) is 78.5 Å². The van der Waals surface area contributed by atoms with Crippen molar-refractivity contribution in [2.75, 3.05) is 46.5 Å². The molecule has 2 atom stereocenters. The molecule has 7 heteroatoms. The molecule has 7 nitrogen and oxygen atoms in total. The van der Waals surface area contributed by atoms with Gasteiger partial charge >= 0.3 is 5.97 Å². The minimum atomic E-state index is -0.789. The second-order valence-electron chi connectivity index (χ2n) is 6.58. The van der Waals surface area contributed by atoms with Gasteiger partial charge in [-0.15, -0.1) is 0 Å². The summed E-state index contributed by atoms with van der Waals surface area (Å²) in [5.74, 6) is 0.104. The first-order chi connectivity index (χ1) is 11.5. The van der Waals surface area contributed by atoms with Gasteiger partial charge in [0, 0.05) is 38.1 Å². The Kier molecular flexibility index (Phi) is 5.23. The van der Waals surface area contributed by atoms with Gasteiger partial charge in [0.25, 0.3) is 0 Å². The molecule has 0 aliphatic carbocycles. The van der Waals surface area contributed by atoms with E-state index < -0.39 is 5.97 Å². The van der Waals surface area contributed by atoms with Crippen molar-refractivity contribution in [1.29, 1.82) is 0 Å². The molecule has 0 amide bonds. The van der Waals surface area contributed by atoms with Crippen LogP contribution in [0.15, 0.2) is 18.2 Å². The van der Waals surface area contributed by atoms with Gasteiger partial charge in [-0.05, 0) is 17.7 Å². The van der Waals surface area contributed by atoms with Crippen LogP contribution in [-0.2, 0) is 16.1 Å². The highest BCUT2D eigenvalue weighted by atomic mass is 16.5. The minimum absolute atomic E-state index is 0.0736. The Morgan fingerprint density at radius 1 is 1.33 bits per heavy atom. The number of hydrogen-bond acceptors (Lipinski definition) is 6. The van der Waals surface area contributed by atoms with E-state index in [1.54, 1.807) is 12.1 Å². The summed E-state index contributed by atoms with van der Waals surface area (Å²) in [4.78, 5) is 15.4. The Bertz CT molecular complexity index is 594. The molecule has 0 saturated carbocycles. The molecule has 2 bridgehead atoms. The quantitative estimate of drug-likeness (QED) is 0.815. The number of phenols is 1. The van der Waals surface area contributed by atoms with E-state index in [2.05, 4.69) is 4.90 Å². The smallest absolute Gasteiger partial charge is 0.317 e. The molecule has 2 N–H and O–H groups in total. The van der Waals surface area contributed by atoms with Crippen molar-refractivity contribution in [2.45, 2.75) is 12.6 Å². The predicted molar refractivity (Wildman–Crippen MR) is 87.2 cm³/mol. The summed E-state index contributed by atoms with van der Waals surface area (Å²) in [6, 6.07) is 5.59. The van der Waals surface area contributed by atoms with Crippen LogP contribution in [0.1, 0.15) is 5.56 Å². The summed E-state index contributed by atoms with van der Waals surface area (Å²) in [5.41, 5.74) is 1.01. The molecule has 2 fully saturated rings. The highest BCUT2D eigenvalue weighted by Gasteiger charge is 2.33. The molecule has 1 aromatic carbocycles. The normalized spacial score (nSPS) is 25.2. The zero-order valence-corrected chi connectivity index (χ0v) is 13.9. The van der Waals surface area contributed by atoms with E-state index >= 15 is 0 Å². The lowest BCUT2D eigenvalue weighted by Crippen LogP contribution is -2.44. The van der Waals surface area contributed by atoms with Gasteiger partial charge < -0.3 is 19.7 Å². The Morgan fingerprint density at radius 3 is 2.88 bits per heavy atom. The van der Waals surface area contributed by atoms with Crippen LogP contribution < -0.4 is 4.74 Å². The number of carboxylic acid groups (broad SMARTS) is 1. The van der Waals surface area contributed by atoms with Gasteiger partial charge in [-0.25, -0.2) is 0 Å². The Hall–Kier alpha value is -1.83. The summed E-state index contributed by atoms with van der Waals surface area (Å²) >= 11 is 0. The lowest BCUT2D eigenvalue weighted by Gasteiger charge is -2.30. The number of ether oxygens (including phenoxy) is 2. The molecule has 0 unspecified atom stereocenters. The third-order valence-corrected chi connectivity index (χ3v) is 4.65. The van der Waals surface area contributed by atoms with E-state index in [0.717, 1.165) is 18.7 Å². The summed E-state index contributed by atoms with van der Waals surface area (Å²) in [5, 5.41) is 19.0. The van der Waals surface area contributed by atoms with Crippen molar-refractivity contribution in [3.8, 4) is 11.5 Å². The van der Waals surface area contributed by atoms with Crippen LogP contribution in [0.4, 0.5) is 0 Å². The predicted octanol–water partition coefficient (Wildman–Crippen LogP) is 0.618. The third-order valence-electron chi connectivity index (χ3n) is 4.65. The second-order valence-corrected chi connectivity index (χ2v) is 6.58. The lowest BCUT2D eigenvalue weighted by molar-refractivity contribution is -0.138. The molecule has 132 valence electrons. The van der Waals surface area contributed by atoms with Gasteiger partial charge in [0.1, 0.15) is 0 Å². The third kappa shape index (κ3) is 3.98. The van der Waals surface area contributed by atoms with Gasteiger partial charge in [0.2, 0.25) is 0 Å². The molecule has 0 aromatic heterocycles. The highest BCUT2D eigenvalue weighted by molar-refractivity contribution is 5.69. The van der Waals surface area contributed by atoms with E-state index in [9.17, 15) is 9.90 Å². The van der Waals surface area contributed by atoms with Crippen molar-refractivity contribution >= 4 is 5.97 Å². The SMILES string of the molecule is COc1ccc(CN2C[C@H]3COC[C@@H]2CN(CC(=O)O)C3)cc1O. The number of rotatable bonds is 5. The van der Waals surface area contributed by atoms with Gasteiger partial charge in [-0.1, -0.05) is 6.07 Å². The first-order valence-corrected chi connectivity index (χ1v) is 8.17. The first-order valence-electron chi connectivity index (χ1n) is 8.17. The zero-order valence-electron chi connectivity index (χ0n) is 13.9. The van der Waals surface area contributed by atoms with Gasteiger partial charge in [0.05, 0.1) is 26.9 Å². The minimum Gasteiger partial charge on any atom is -0.504 e. The lowest BCUT2D eigenvalue weighted by atomic mass is 10.1. The van der Waals surface area contributed by atoms with E-state index in [0.29, 0.717) is 38.0 Å². The van der Waals surface area contributed by atoms with Crippen LogP contribution in [0.2, 0.25) is 0 Å². The summed E-state index contributed by atoms with van der Waals surface area (Å²) in [6.45, 7) is 4.34. The van der Waals surface area contributed by atoms with Crippen molar-refractivity contribution in [2.24, 2.45) is 5.92 Å². The van der Waals surface area contributed by atoms with Crippen LogP contribution >= 0.6 is 0 Å². The Labute approximate surface area is 141 Å². The monoisotopic (exact) mass is 336 g/mol. The number of hydrogen-bond donors (Lipinski definition) is 2. The van der Waals surface area contributed by atoms with Crippen molar-refractivity contribution in [1.82, 2.24) is 9.80 Å². The van der Waals surface area contributed by atoms with Gasteiger partial charge in [-0.3, -0.25) is 14.6 Å². The molecular weight excluding hydrogens is 312 g/mol. The van der Waals surface area contributed by atoms with E-state index in [1.165, 1.54) is 7.11 Å². The Morgan fingerprint density at radius 2 is 2.17 bits per heavy atom. The topological polar surface area (TPSA) is 82.5 Å². The molecule has 2 saturated heterocycles. The fraction of sp³-hybridized carbons (Fsp3) is 0.588. The van der Waals surface area contributed by atoms with E-state index in [1.807, 2.05) is 11.0 Å². The number of aromatic hydroxyl groups is 1. The second kappa shape index (κ2) is 7.38. The number of aliphatic carboxylic acids is 1. The van der Waals surface area contributed by atoms with Gasteiger partial charge in [-0.2, -0.15) is 0 Å². The number of benzene rings is 1. The van der Waals surface area contributed by atoms with Crippen molar-refractivity contribution in [3.05, 3.63) is 23.8 Å². The molecule has 0 spiro atoms. The van der Waals surface area contributed by atoms with Crippen LogP contribution in [0.25, 0.3) is 0 Å². The molecule has 2 heterocycles. The maximum Gasteiger partial charge on any atom is 0.317 e. The Balaban J connectivity index is 1.73. The number of phenolic OH excluding ortho intramolecular Hbond substituents is 1. The first kappa shape index (κ1) is 17.0. The highest BCUT2D eigenvalue weighted by Crippen LogP contribution is 2.28. The standard InChI is InChI=1S/C17H24N2O5/c1-23-16-3-2-12(4-15(16)20)6-19-7-13-5-18(9-17(21)22)8-14(19)11-24-10-13/h2-4,13-14,20H,5-11H2,1H3,(H,21,22)/t13-,14-/m0/s1. The van der Waals surface area contributed by atoms with E-state index in [-0.39, 0.29) is 18.3 Å². The van der Waals surface area contributed by atoms with Crippen molar-refractivity contribution < 1.29 is 24.5 Å². The number of methoxy groups -OCH3 is 1. The largest absolute Gasteiger partial charge is 0.504 e. The molecule has 2 aliphatic heterocycles. The number of nitrogens with zero attached hydrogens (tertiary/aromatic N) is 2. The number of carboxylic acids is 1. The fourth-order valence-electron chi connectivity index (χ4n) is 3.61. The molecule has 2 aliphatic rings. The number of carbonyl (C=O) groups is 1.